The minimum absolute atomic E-state index is 0.326. The summed E-state index contributed by atoms with van der Waals surface area (Å²) in [5.74, 6) is -1.04. The summed E-state index contributed by atoms with van der Waals surface area (Å²) in [5, 5.41) is 9.13. The molecule has 0 aromatic carbocycles. The highest BCUT2D eigenvalue weighted by Crippen LogP contribution is 2.23. The van der Waals surface area contributed by atoms with E-state index in [0.29, 0.717) is 23.7 Å². The van der Waals surface area contributed by atoms with Gasteiger partial charge in [-0.1, -0.05) is 13.8 Å². The van der Waals surface area contributed by atoms with Gasteiger partial charge in [-0.25, -0.2) is 0 Å². The third-order valence-corrected chi connectivity index (χ3v) is 2.25. The first kappa shape index (κ1) is 11.6. The number of hydrogen-bond acceptors (Lipinski definition) is 3. The topological polar surface area (TPSA) is 63.1 Å². The number of carboxylic acids is 1. The van der Waals surface area contributed by atoms with Gasteiger partial charge in [-0.05, 0) is 19.3 Å². The Balaban J connectivity index is 2.99. The number of nitrogens with zero attached hydrogens (tertiary/aromatic N) is 2. The fraction of sp³-hybridized carbons (Fsp3) is 0.545. The van der Waals surface area contributed by atoms with Crippen LogP contribution in [0.25, 0.3) is 0 Å². The zero-order valence-corrected chi connectivity index (χ0v) is 9.27. The van der Waals surface area contributed by atoms with Crippen molar-refractivity contribution in [3.05, 3.63) is 23.8 Å². The van der Waals surface area contributed by atoms with Gasteiger partial charge >= 0.3 is 5.97 Å². The first-order chi connectivity index (χ1) is 7.02. The van der Waals surface area contributed by atoms with E-state index in [1.54, 1.807) is 19.3 Å². The van der Waals surface area contributed by atoms with Crippen LogP contribution in [-0.4, -0.2) is 21.0 Å². The monoisotopic (exact) mass is 208 g/mol. The van der Waals surface area contributed by atoms with Crippen LogP contribution in [0, 0.1) is 12.8 Å². The molecule has 1 heterocycles. The van der Waals surface area contributed by atoms with Gasteiger partial charge in [0, 0.05) is 12.4 Å². The van der Waals surface area contributed by atoms with Gasteiger partial charge in [-0.2, -0.15) is 0 Å². The zero-order chi connectivity index (χ0) is 11.4. The second-order valence-electron chi connectivity index (χ2n) is 4.05. The van der Waals surface area contributed by atoms with E-state index >= 15 is 0 Å². The quantitative estimate of drug-likeness (QED) is 0.822. The number of hydrogen-bond donors (Lipinski definition) is 1. The minimum Gasteiger partial charge on any atom is -0.481 e. The van der Waals surface area contributed by atoms with Crippen molar-refractivity contribution in [2.24, 2.45) is 5.92 Å². The fourth-order valence-corrected chi connectivity index (χ4v) is 1.56. The first-order valence-electron chi connectivity index (χ1n) is 5.02. The predicted molar refractivity (Wildman–Crippen MR) is 56.6 cm³/mol. The lowest BCUT2D eigenvalue weighted by Gasteiger charge is -2.15. The normalized spacial score (nSPS) is 12.8. The summed E-state index contributed by atoms with van der Waals surface area (Å²) in [4.78, 5) is 19.3. The van der Waals surface area contributed by atoms with E-state index in [2.05, 4.69) is 9.97 Å². The molecular weight excluding hydrogens is 192 g/mol. The summed E-state index contributed by atoms with van der Waals surface area (Å²) in [7, 11) is 0. The van der Waals surface area contributed by atoms with Crippen LogP contribution in [-0.2, 0) is 4.79 Å². The molecule has 1 unspecified atom stereocenters. The van der Waals surface area contributed by atoms with Crippen LogP contribution in [0.15, 0.2) is 12.4 Å². The molecule has 4 heteroatoms. The molecule has 1 aromatic rings. The standard InChI is InChI=1S/C11H16N2O2/c1-7(2)6-9(11(14)15)10-8(3)12-4-5-13-10/h4-5,7,9H,6H2,1-3H3,(H,14,15). The molecule has 0 saturated heterocycles. The van der Waals surface area contributed by atoms with Gasteiger partial charge in [0.2, 0.25) is 0 Å². The van der Waals surface area contributed by atoms with Crippen molar-refractivity contribution in [2.75, 3.05) is 0 Å². The van der Waals surface area contributed by atoms with Gasteiger partial charge in [0.25, 0.3) is 0 Å². The first-order valence-corrected chi connectivity index (χ1v) is 5.02. The van der Waals surface area contributed by atoms with Crippen molar-refractivity contribution in [1.82, 2.24) is 9.97 Å². The van der Waals surface area contributed by atoms with Gasteiger partial charge in [0.05, 0.1) is 11.4 Å². The van der Waals surface area contributed by atoms with E-state index in [1.807, 2.05) is 13.8 Å². The van der Waals surface area contributed by atoms with E-state index in [-0.39, 0.29) is 0 Å². The van der Waals surface area contributed by atoms with Gasteiger partial charge in [0.1, 0.15) is 5.92 Å². The molecule has 1 rings (SSSR count). The van der Waals surface area contributed by atoms with Crippen LogP contribution >= 0.6 is 0 Å². The summed E-state index contributed by atoms with van der Waals surface area (Å²) in [5.41, 5.74) is 1.28. The molecule has 82 valence electrons. The van der Waals surface area contributed by atoms with E-state index < -0.39 is 11.9 Å². The molecule has 0 aliphatic heterocycles. The Kier molecular flexibility index (Phi) is 3.77. The molecule has 0 amide bonds. The Morgan fingerprint density at radius 2 is 2.00 bits per heavy atom. The molecule has 4 nitrogen and oxygen atoms in total. The summed E-state index contributed by atoms with van der Waals surface area (Å²) in [6, 6.07) is 0. The van der Waals surface area contributed by atoms with Gasteiger partial charge < -0.3 is 5.11 Å². The highest BCUT2D eigenvalue weighted by molar-refractivity contribution is 5.75. The zero-order valence-electron chi connectivity index (χ0n) is 9.27. The van der Waals surface area contributed by atoms with Gasteiger partial charge in [-0.15, -0.1) is 0 Å². The SMILES string of the molecule is Cc1nccnc1C(CC(C)C)C(=O)O. The third-order valence-electron chi connectivity index (χ3n) is 2.25. The molecular formula is C11H16N2O2. The maximum Gasteiger partial charge on any atom is 0.312 e. The van der Waals surface area contributed by atoms with Crippen LogP contribution in [0.1, 0.15) is 37.6 Å². The highest BCUT2D eigenvalue weighted by atomic mass is 16.4. The van der Waals surface area contributed by atoms with Crippen LogP contribution in [0.2, 0.25) is 0 Å². The van der Waals surface area contributed by atoms with Crippen molar-refractivity contribution < 1.29 is 9.90 Å². The molecule has 15 heavy (non-hydrogen) atoms. The third kappa shape index (κ3) is 3.01. The van der Waals surface area contributed by atoms with E-state index in [1.165, 1.54) is 0 Å². The molecule has 0 spiro atoms. The largest absolute Gasteiger partial charge is 0.481 e. The Morgan fingerprint density at radius 1 is 1.40 bits per heavy atom. The maximum atomic E-state index is 11.1. The Morgan fingerprint density at radius 3 is 2.47 bits per heavy atom. The Hall–Kier alpha value is -1.45. The number of aryl methyl sites for hydroxylation is 1. The lowest BCUT2D eigenvalue weighted by atomic mass is 9.93. The molecule has 0 fully saturated rings. The molecule has 1 N–H and O–H groups in total. The lowest BCUT2D eigenvalue weighted by Crippen LogP contribution is -2.17. The summed E-state index contributed by atoms with van der Waals surface area (Å²) >= 11 is 0. The number of carboxylic acid groups (broad SMARTS) is 1. The second-order valence-corrected chi connectivity index (χ2v) is 4.05. The Bertz CT molecular complexity index is 350. The van der Waals surface area contributed by atoms with E-state index in [9.17, 15) is 4.79 Å². The fourth-order valence-electron chi connectivity index (χ4n) is 1.56. The van der Waals surface area contributed by atoms with Gasteiger partial charge in [-0.3, -0.25) is 14.8 Å². The van der Waals surface area contributed by atoms with Crippen LogP contribution in [0.5, 0.6) is 0 Å². The minimum atomic E-state index is -0.827. The molecule has 0 aliphatic carbocycles. The molecule has 1 atom stereocenters. The van der Waals surface area contributed by atoms with Crippen molar-refractivity contribution in [2.45, 2.75) is 33.1 Å². The molecule has 0 saturated carbocycles. The predicted octanol–water partition coefficient (Wildman–Crippen LogP) is 2.00. The van der Waals surface area contributed by atoms with Crippen molar-refractivity contribution in [3.63, 3.8) is 0 Å². The highest BCUT2D eigenvalue weighted by Gasteiger charge is 2.24. The summed E-state index contributed by atoms with van der Waals surface area (Å²) in [6.45, 7) is 5.79. The van der Waals surface area contributed by atoms with Gasteiger partial charge in [0.15, 0.2) is 0 Å². The smallest absolute Gasteiger partial charge is 0.312 e. The second kappa shape index (κ2) is 4.87. The maximum absolute atomic E-state index is 11.1. The molecule has 0 aliphatic rings. The molecule has 1 aromatic heterocycles. The summed E-state index contributed by atoms with van der Waals surface area (Å²) < 4.78 is 0. The van der Waals surface area contributed by atoms with Crippen LogP contribution in [0.4, 0.5) is 0 Å². The Labute approximate surface area is 89.4 Å². The van der Waals surface area contributed by atoms with Crippen molar-refractivity contribution in [3.8, 4) is 0 Å². The van der Waals surface area contributed by atoms with Crippen LogP contribution in [0.3, 0.4) is 0 Å². The number of rotatable bonds is 4. The van der Waals surface area contributed by atoms with Crippen molar-refractivity contribution in [1.29, 1.82) is 0 Å². The molecule has 0 bridgehead atoms. The number of carbonyl (C=O) groups is 1. The average molecular weight is 208 g/mol. The average Bonchev–Trinajstić information content (AvgIpc) is 2.15. The van der Waals surface area contributed by atoms with E-state index in [4.69, 9.17) is 5.11 Å². The van der Waals surface area contributed by atoms with Crippen molar-refractivity contribution >= 4 is 5.97 Å². The van der Waals surface area contributed by atoms with E-state index in [0.717, 1.165) is 0 Å². The molecule has 0 radical (unpaired) electrons. The number of aromatic nitrogens is 2. The summed E-state index contributed by atoms with van der Waals surface area (Å²) in [6.07, 6.45) is 3.71. The number of aliphatic carboxylic acids is 1. The lowest BCUT2D eigenvalue weighted by molar-refractivity contribution is -0.139. The van der Waals surface area contributed by atoms with Crippen LogP contribution < -0.4 is 0 Å².